The number of ketones is 1. The fourth-order valence-corrected chi connectivity index (χ4v) is 5.67. The zero-order valence-electron chi connectivity index (χ0n) is 19.0. The van der Waals surface area contributed by atoms with E-state index in [-0.39, 0.29) is 16.3 Å². The van der Waals surface area contributed by atoms with Crippen LogP contribution in [0.4, 0.5) is 9.52 Å². The van der Waals surface area contributed by atoms with Crippen LogP contribution in [-0.4, -0.2) is 32.0 Å². The minimum absolute atomic E-state index is 0.109. The largest absolute Gasteiger partial charge is 0.507 e. The molecule has 1 saturated heterocycles. The number of carbonyl (C=O) groups excluding carboxylic acids is 2. The van der Waals surface area contributed by atoms with Gasteiger partial charge in [-0.25, -0.2) is 4.39 Å². The van der Waals surface area contributed by atoms with Gasteiger partial charge in [0.25, 0.3) is 5.78 Å². The van der Waals surface area contributed by atoms with Crippen molar-refractivity contribution in [1.29, 1.82) is 0 Å². The van der Waals surface area contributed by atoms with Crippen LogP contribution in [-0.2, 0) is 15.3 Å². The zero-order chi connectivity index (χ0) is 25.2. The molecule has 1 unspecified atom stereocenters. The van der Waals surface area contributed by atoms with Crippen LogP contribution in [0.2, 0.25) is 0 Å². The summed E-state index contributed by atoms with van der Waals surface area (Å²) in [4.78, 5) is 31.6. The van der Waals surface area contributed by atoms with Crippen molar-refractivity contribution in [1.82, 2.24) is 15.2 Å². The molecule has 1 N–H and O–H groups in total. The Morgan fingerprint density at radius 2 is 1.72 bits per heavy atom. The highest BCUT2D eigenvalue weighted by atomic mass is 32.2. The number of aliphatic hydroxyl groups is 1. The van der Waals surface area contributed by atoms with Gasteiger partial charge in [0.2, 0.25) is 5.13 Å². The zero-order valence-corrected chi connectivity index (χ0v) is 20.6. The van der Waals surface area contributed by atoms with Gasteiger partial charge in [0.05, 0.1) is 11.6 Å². The van der Waals surface area contributed by atoms with Gasteiger partial charge in [0, 0.05) is 23.7 Å². The molecular weight excluding hydrogens is 499 g/mol. The lowest BCUT2D eigenvalue weighted by atomic mass is 9.96. The number of carbonyl (C=O) groups is 2. The Labute approximate surface area is 214 Å². The van der Waals surface area contributed by atoms with Gasteiger partial charge < -0.3 is 5.11 Å². The Hall–Kier alpha value is -3.89. The van der Waals surface area contributed by atoms with E-state index in [2.05, 4.69) is 15.2 Å². The minimum Gasteiger partial charge on any atom is -0.507 e. The van der Waals surface area contributed by atoms with Gasteiger partial charge in [-0.15, -0.1) is 10.2 Å². The number of halogens is 1. The summed E-state index contributed by atoms with van der Waals surface area (Å²) in [6.45, 7) is 2.03. The topological polar surface area (TPSA) is 96.3 Å². The summed E-state index contributed by atoms with van der Waals surface area (Å²) >= 11 is 2.67. The van der Waals surface area contributed by atoms with E-state index in [1.54, 1.807) is 12.1 Å². The first-order chi connectivity index (χ1) is 17.4. The summed E-state index contributed by atoms with van der Waals surface area (Å²) in [6.07, 6.45) is 3.08. The average molecular weight is 519 g/mol. The van der Waals surface area contributed by atoms with E-state index < -0.39 is 29.3 Å². The van der Waals surface area contributed by atoms with Gasteiger partial charge in [-0.05, 0) is 54.4 Å². The number of hydrogen-bond acceptors (Lipinski definition) is 8. The fraction of sp³-hybridized carbons (Fsp3) is 0.115. The average Bonchev–Trinajstić information content (AvgIpc) is 3.46. The molecule has 180 valence electrons. The molecule has 4 aromatic rings. The maximum atomic E-state index is 13.4. The van der Waals surface area contributed by atoms with Crippen LogP contribution >= 0.6 is 23.1 Å². The van der Waals surface area contributed by atoms with Crippen LogP contribution in [0.25, 0.3) is 5.76 Å². The van der Waals surface area contributed by atoms with Crippen molar-refractivity contribution in [2.75, 3.05) is 4.90 Å². The molecule has 1 aliphatic rings. The number of rotatable bonds is 6. The van der Waals surface area contributed by atoms with Crippen molar-refractivity contribution in [2.24, 2.45) is 0 Å². The smallest absolute Gasteiger partial charge is 0.301 e. The van der Waals surface area contributed by atoms with Crippen molar-refractivity contribution in [2.45, 2.75) is 23.1 Å². The summed E-state index contributed by atoms with van der Waals surface area (Å²) in [7, 11) is 0. The molecule has 1 amide bonds. The summed E-state index contributed by atoms with van der Waals surface area (Å²) < 4.78 is 14.1. The first-order valence-corrected chi connectivity index (χ1v) is 12.7. The lowest BCUT2D eigenvalue weighted by Crippen LogP contribution is -2.29. The third-order valence-corrected chi connectivity index (χ3v) is 7.80. The molecule has 0 aliphatic carbocycles. The molecule has 2 aromatic heterocycles. The maximum absolute atomic E-state index is 13.4. The first kappa shape index (κ1) is 23.8. The second kappa shape index (κ2) is 10.00. The highest BCUT2D eigenvalue weighted by Crippen LogP contribution is 2.43. The molecule has 36 heavy (non-hydrogen) atoms. The number of pyridine rings is 1. The molecule has 0 radical (unpaired) electrons. The molecule has 1 atom stereocenters. The van der Waals surface area contributed by atoms with Crippen molar-refractivity contribution < 1.29 is 19.1 Å². The Morgan fingerprint density at radius 1 is 1.03 bits per heavy atom. The molecule has 7 nitrogen and oxygen atoms in total. The molecule has 3 heterocycles. The number of aromatic nitrogens is 3. The van der Waals surface area contributed by atoms with Crippen molar-refractivity contribution in [3.8, 4) is 0 Å². The monoisotopic (exact) mass is 518 g/mol. The molecule has 1 fully saturated rings. The SMILES string of the molecule is Cc1ccc(CSc2nnc(N3C(=O)C(=O)C(=C(O)c4ccc(F)cc4)C3c3ccncc3)s2)cc1. The maximum Gasteiger partial charge on any atom is 0.301 e. The summed E-state index contributed by atoms with van der Waals surface area (Å²) in [5.74, 6) is -1.89. The lowest BCUT2D eigenvalue weighted by molar-refractivity contribution is -0.132. The van der Waals surface area contributed by atoms with Gasteiger partial charge in [-0.2, -0.15) is 0 Å². The van der Waals surface area contributed by atoms with E-state index in [0.29, 0.717) is 15.7 Å². The second-order valence-electron chi connectivity index (χ2n) is 8.08. The van der Waals surface area contributed by atoms with Crippen molar-refractivity contribution >= 4 is 45.7 Å². The van der Waals surface area contributed by atoms with Crippen LogP contribution in [0, 0.1) is 12.7 Å². The molecule has 10 heteroatoms. The van der Waals surface area contributed by atoms with Gasteiger partial charge in [0.1, 0.15) is 11.6 Å². The summed E-state index contributed by atoms with van der Waals surface area (Å²) in [5, 5.41) is 19.7. The Kier molecular flexibility index (Phi) is 6.62. The number of aryl methyl sites for hydroxylation is 1. The summed E-state index contributed by atoms with van der Waals surface area (Å²) in [5.41, 5.74) is 2.98. The number of nitrogens with zero attached hydrogens (tertiary/aromatic N) is 4. The normalized spacial score (nSPS) is 17.1. The highest BCUT2D eigenvalue weighted by Gasteiger charge is 2.48. The number of amides is 1. The molecule has 0 spiro atoms. The van der Waals surface area contributed by atoms with Gasteiger partial charge in [-0.3, -0.25) is 19.5 Å². The van der Waals surface area contributed by atoms with Crippen LogP contribution in [0.15, 0.2) is 83.0 Å². The molecule has 0 saturated carbocycles. The Morgan fingerprint density at radius 3 is 2.42 bits per heavy atom. The molecule has 0 bridgehead atoms. The predicted molar refractivity (Wildman–Crippen MR) is 136 cm³/mol. The summed E-state index contributed by atoms with van der Waals surface area (Å²) in [6, 6.07) is 15.6. The van der Waals surface area contributed by atoms with E-state index in [1.165, 1.54) is 70.2 Å². The van der Waals surface area contributed by atoms with Gasteiger partial charge in [-0.1, -0.05) is 52.9 Å². The standard InChI is InChI=1S/C26H19FN4O3S2/c1-15-2-4-16(5-3-15)14-35-26-30-29-25(36-26)31-21(17-10-12-28-13-11-17)20(23(33)24(31)34)22(32)18-6-8-19(27)9-7-18/h2-13,21,32H,14H2,1H3. The highest BCUT2D eigenvalue weighted by molar-refractivity contribution is 8.00. The van der Waals surface area contributed by atoms with Crippen LogP contribution in [0.3, 0.4) is 0 Å². The number of benzene rings is 2. The molecule has 2 aromatic carbocycles. The van der Waals surface area contributed by atoms with E-state index in [0.717, 1.165) is 5.56 Å². The number of thioether (sulfide) groups is 1. The molecular formula is C26H19FN4O3S2. The number of anilines is 1. The van der Waals surface area contributed by atoms with Crippen LogP contribution in [0.1, 0.15) is 28.3 Å². The quantitative estimate of drug-likeness (QED) is 0.122. The number of aliphatic hydroxyl groups excluding tert-OH is 1. The Balaban J connectivity index is 1.51. The van der Waals surface area contributed by atoms with Crippen molar-refractivity contribution in [3.05, 3.63) is 107 Å². The van der Waals surface area contributed by atoms with E-state index in [1.807, 2.05) is 31.2 Å². The van der Waals surface area contributed by atoms with E-state index in [4.69, 9.17) is 0 Å². The Bertz CT molecular complexity index is 1450. The van der Waals surface area contributed by atoms with Gasteiger partial charge >= 0.3 is 5.91 Å². The first-order valence-electron chi connectivity index (χ1n) is 10.9. The molecule has 1 aliphatic heterocycles. The number of Topliss-reactive ketones (excluding diaryl/α,β-unsaturated/α-hetero) is 1. The second-order valence-corrected chi connectivity index (χ2v) is 10.3. The molecule has 5 rings (SSSR count). The van der Waals surface area contributed by atoms with Gasteiger partial charge in [0.15, 0.2) is 4.34 Å². The van der Waals surface area contributed by atoms with Crippen molar-refractivity contribution in [3.63, 3.8) is 0 Å². The predicted octanol–water partition coefficient (Wildman–Crippen LogP) is 5.30. The lowest BCUT2D eigenvalue weighted by Gasteiger charge is -2.22. The number of hydrogen-bond donors (Lipinski definition) is 1. The minimum atomic E-state index is -0.944. The van der Waals surface area contributed by atoms with Crippen LogP contribution in [0.5, 0.6) is 0 Å². The van der Waals surface area contributed by atoms with E-state index in [9.17, 15) is 19.1 Å². The van der Waals surface area contributed by atoms with E-state index >= 15 is 0 Å². The fourth-order valence-electron chi connectivity index (χ4n) is 3.84. The van der Waals surface area contributed by atoms with Crippen LogP contribution < -0.4 is 4.90 Å². The third-order valence-electron chi connectivity index (χ3n) is 5.67. The third kappa shape index (κ3) is 4.65.